The molecule has 110 valence electrons. The maximum absolute atomic E-state index is 12.3. The zero-order valence-electron chi connectivity index (χ0n) is 12.6. The van der Waals surface area contributed by atoms with Crippen molar-refractivity contribution in [2.75, 3.05) is 0 Å². The first-order chi connectivity index (χ1) is 10.6. The van der Waals surface area contributed by atoms with Crippen LogP contribution in [0, 0.1) is 11.3 Å². The Labute approximate surface area is 130 Å². The van der Waals surface area contributed by atoms with Crippen LogP contribution in [0.2, 0.25) is 0 Å². The fourth-order valence-electron chi connectivity index (χ4n) is 1.98. The molecule has 0 aliphatic rings. The molecule has 0 aliphatic carbocycles. The van der Waals surface area contributed by atoms with E-state index in [1.807, 2.05) is 50.2 Å². The summed E-state index contributed by atoms with van der Waals surface area (Å²) in [6, 6.07) is 18.1. The van der Waals surface area contributed by atoms with Crippen LogP contribution in [0.5, 0.6) is 5.75 Å². The molecule has 0 saturated heterocycles. The van der Waals surface area contributed by atoms with Gasteiger partial charge >= 0.3 is 0 Å². The van der Waals surface area contributed by atoms with Crippen LogP contribution in [0.25, 0.3) is 6.08 Å². The van der Waals surface area contributed by atoms with Gasteiger partial charge in [-0.05, 0) is 37.6 Å². The second kappa shape index (κ2) is 7.24. The first-order valence-electron chi connectivity index (χ1n) is 7.08. The van der Waals surface area contributed by atoms with Crippen LogP contribution < -0.4 is 4.74 Å². The third-order valence-electron chi connectivity index (χ3n) is 2.96. The highest BCUT2D eigenvalue weighted by Gasteiger charge is 2.11. The van der Waals surface area contributed by atoms with Crippen molar-refractivity contribution in [3.63, 3.8) is 0 Å². The average Bonchev–Trinajstić information content (AvgIpc) is 2.54. The van der Waals surface area contributed by atoms with Gasteiger partial charge in [-0.15, -0.1) is 0 Å². The molecule has 22 heavy (non-hydrogen) atoms. The first kappa shape index (κ1) is 15.5. The summed E-state index contributed by atoms with van der Waals surface area (Å²) in [5.74, 6) is 0.491. The molecular weight excluding hydrogens is 274 g/mol. The van der Waals surface area contributed by atoms with Gasteiger partial charge in [0.25, 0.3) is 0 Å². The van der Waals surface area contributed by atoms with Gasteiger partial charge in [-0.1, -0.05) is 42.5 Å². The fraction of sp³-hybridized carbons (Fsp3) is 0.158. The summed E-state index contributed by atoms with van der Waals surface area (Å²) in [6.07, 6.45) is 1.70. The Morgan fingerprint density at radius 1 is 1.09 bits per heavy atom. The molecule has 0 heterocycles. The van der Waals surface area contributed by atoms with Crippen molar-refractivity contribution in [2.45, 2.75) is 20.0 Å². The third-order valence-corrected chi connectivity index (χ3v) is 2.96. The van der Waals surface area contributed by atoms with Crippen LogP contribution in [0.3, 0.4) is 0 Å². The number of hydrogen-bond donors (Lipinski definition) is 0. The third kappa shape index (κ3) is 4.07. The van der Waals surface area contributed by atoms with Gasteiger partial charge in [-0.2, -0.15) is 5.26 Å². The van der Waals surface area contributed by atoms with E-state index < -0.39 is 0 Å². The van der Waals surface area contributed by atoms with Crippen molar-refractivity contribution in [1.29, 1.82) is 5.26 Å². The second-order valence-corrected chi connectivity index (χ2v) is 5.10. The number of carbonyl (C=O) groups is 1. The van der Waals surface area contributed by atoms with Crippen molar-refractivity contribution in [1.82, 2.24) is 0 Å². The SMILES string of the molecule is CC(C)Oc1ccc(/C=C(\C#N)C(=O)c2ccccc2)cc1. The summed E-state index contributed by atoms with van der Waals surface area (Å²) in [5.41, 5.74) is 1.41. The first-order valence-corrected chi connectivity index (χ1v) is 7.08. The van der Waals surface area contributed by atoms with E-state index in [1.54, 1.807) is 30.3 Å². The molecule has 0 N–H and O–H groups in total. The Hall–Kier alpha value is -2.86. The summed E-state index contributed by atoms with van der Waals surface area (Å²) < 4.78 is 5.56. The predicted molar refractivity (Wildman–Crippen MR) is 86.6 cm³/mol. The molecule has 0 atom stereocenters. The molecule has 0 saturated carbocycles. The average molecular weight is 291 g/mol. The summed E-state index contributed by atoms with van der Waals surface area (Å²) >= 11 is 0. The highest BCUT2D eigenvalue weighted by Crippen LogP contribution is 2.17. The molecule has 0 fully saturated rings. The normalized spacial score (nSPS) is 11.1. The van der Waals surface area contributed by atoms with Gasteiger partial charge in [-0.25, -0.2) is 0 Å². The molecule has 0 spiro atoms. The summed E-state index contributed by atoms with van der Waals surface area (Å²) in [4.78, 5) is 12.3. The number of rotatable bonds is 5. The van der Waals surface area contributed by atoms with Gasteiger partial charge in [0, 0.05) is 5.56 Å². The van der Waals surface area contributed by atoms with E-state index in [-0.39, 0.29) is 17.5 Å². The van der Waals surface area contributed by atoms with E-state index in [0.717, 1.165) is 11.3 Å². The quantitative estimate of drug-likeness (QED) is 0.470. The maximum Gasteiger partial charge on any atom is 0.203 e. The molecule has 2 rings (SSSR count). The van der Waals surface area contributed by atoms with E-state index in [1.165, 1.54) is 0 Å². The number of nitrogens with zero attached hydrogens (tertiary/aromatic N) is 1. The lowest BCUT2D eigenvalue weighted by Crippen LogP contribution is -2.05. The number of hydrogen-bond acceptors (Lipinski definition) is 3. The molecule has 0 radical (unpaired) electrons. The number of nitriles is 1. The number of ether oxygens (including phenoxy) is 1. The largest absolute Gasteiger partial charge is 0.491 e. The molecular formula is C19H17NO2. The topological polar surface area (TPSA) is 50.1 Å². The zero-order chi connectivity index (χ0) is 15.9. The maximum atomic E-state index is 12.3. The lowest BCUT2D eigenvalue weighted by molar-refractivity contribution is 0.104. The summed E-state index contributed by atoms with van der Waals surface area (Å²) in [5, 5.41) is 9.23. The van der Waals surface area contributed by atoms with Crippen molar-refractivity contribution in [3.8, 4) is 11.8 Å². The van der Waals surface area contributed by atoms with E-state index in [2.05, 4.69) is 0 Å². The number of Topliss-reactive ketones (excluding diaryl/α,β-unsaturated/α-hetero) is 1. The van der Waals surface area contributed by atoms with Crippen molar-refractivity contribution in [2.24, 2.45) is 0 Å². The van der Waals surface area contributed by atoms with Crippen LogP contribution in [0.15, 0.2) is 60.2 Å². The fourth-order valence-corrected chi connectivity index (χ4v) is 1.98. The Morgan fingerprint density at radius 3 is 2.27 bits per heavy atom. The molecule has 2 aromatic carbocycles. The second-order valence-electron chi connectivity index (χ2n) is 5.10. The highest BCUT2D eigenvalue weighted by atomic mass is 16.5. The standard InChI is InChI=1S/C19H17NO2/c1-14(2)22-18-10-8-15(9-11-18)12-17(13-20)19(21)16-6-4-3-5-7-16/h3-12,14H,1-2H3/b17-12+. The van der Waals surface area contributed by atoms with Gasteiger partial charge in [0.05, 0.1) is 6.10 Å². The molecule has 2 aromatic rings. The van der Waals surface area contributed by atoms with E-state index in [4.69, 9.17) is 4.74 Å². The van der Waals surface area contributed by atoms with E-state index >= 15 is 0 Å². The van der Waals surface area contributed by atoms with Crippen molar-refractivity contribution in [3.05, 3.63) is 71.3 Å². The van der Waals surface area contributed by atoms with Gasteiger partial charge in [0.2, 0.25) is 5.78 Å². The lowest BCUT2D eigenvalue weighted by Gasteiger charge is -2.09. The Balaban J connectivity index is 2.22. The Bertz CT molecular complexity index is 707. The van der Waals surface area contributed by atoms with E-state index in [0.29, 0.717) is 5.56 Å². The summed E-state index contributed by atoms with van der Waals surface area (Å²) in [6.45, 7) is 3.92. The summed E-state index contributed by atoms with van der Waals surface area (Å²) in [7, 11) is 0. The molecule has 3 nitrogen and oxygen atoms in total. The van der Waals surface area contributed by atoms with Gasteiger partial charge in [-0.3, -0.25) is 4.79 Å². The minimum absolute atomic E-state index is 0.107. The highest BCUT2D eigenvalue weighted by molar-refractivity contribution is 6.13. The minimum atomic E-state index is -0.273. The monoisotopic (exact) mass is 291 g/mol. The van der Waals surface area contributed by atoms with Crippen LogP contribution in [0.1, 0.15) is 29.8 Å². The Morgan fingerprint density at radius 2 is 1.73 bits per heavy atom. The molecule has 0 aromatic heterocycles. The van der Waals surface area contributed by atoms with Crippen LogP contribution in [-0.4, -0.2) is 11.9 Å². The van der Waals surface area contributed by atoms with Crippen LogP contribution in [-0.2, 0) is 0 Å². The van der Waals surface area contributed by atoms with Crippen molar-refractivity contribution >= 4 is 11.9 Å². The molecule has 3 heteroatoms. The Kier molecular flexibility index (Phi) is 5.11. The predicted octanol–water partition coefficient (Wildman–Crippen LogP) is 4.26. The van der Waals surface area contributed by atoms with E-state index in [9.17, 15) is 10.1 Å². The zero-order valence-corrected chi connectivity index (χ0v) is 12.6. The molecule has 0 aliphatic heterocycles. The minimum Gasteiger partial charge on any atom is -0.491 e. The smallest absolute Gasteiger partial charge is 0.203 e. The van der Waals surface area contributed by atoms with Gasteiger partial charge in [0.1, 0.15) is 17.4 Å². The van der Waals surface area contributed by atoms with Crippen molar-refractivity contribution < 1.29 is 9.53 Å². The number of ketones is 1. The lowest BCUT2D eigenvalue weighted by atomic mass is 10.0. The van der Waals surface area contributed by atoms with Crippen LogP contribution in [0.4, 0.5) is 0 Å². The molecule has 0 bridgehead atoms. The number of benzene rings is 2. The number of allylic oxidation sites excluding steroid dienone is 1. The van der Waals surface area contributed by atoms with Crippen LogP contribution >= 0.6 is 0 Å². The van der Waals surface area contributed by atoms with Gasteiger partial charge in [0.15, 0.2) is 0 Å². The molecule has 0 amide bonds. The molecule has 0 unspecified atom stereocenters. The number of carbonyl (C=O) groups excluding carboxylic acids is 1. The van der Waals surface area contributed by atoms with Gasteiger partial charge < -0.3 is 4.74 Å².